The number of nitrogens with two attached hydrogens (primary N) is 1. The van der Waals surface area contributed by atoms with Crippen molar-refractivity contribution < 1.29 is 13.5 Å². The van der Waals surface area contributed by atoms with Crippen LogP contribution in [0.4, 0.5) is 0 Å². The lowest BCUT2D eigenvalue weighted by Crippen LogP contribution is -2.35. The summed E-state index contributed by atoms with van der Waals surface area (Å²) in [6.45, 7) is 0.633. The Labute approximate surface area is 128 Å². The molecule has 2 heterocycles. The summed E-state index contributed by atoms with van der Waals surface area (Å²) < 4.78 is 27.1. The number of nitrogens with zero attached hydrogens (tertiary/aromatic N) is 1. The van der Waals surface area contributed by atoms with Crippen molar-refractivity contribution in [1.29, 1.82) is 0 Å². The molecular weight excluding hydrogens is 316 g/mol. The van der Waals surface area contributed by atoms with Crippen LogP contribution in [0, 0.1) is 0 Å². The molecule has 1 saturated heterocycles. The Bertz CT molecular complexity index is 583. The number of aliphatic hydroxyl groups excluding tert-OH is 1. The van der Waals surface area contributed by atoms with Gasteiger partial charge in [0.1, 0.15) is 9.20 Å². The van der Waals surface area contributed by atoms with E-state index in [2.05, 4.69) is 0 Å². The molecule has 0 aromatic carbocycles. The van der Waals surface area contributed by atoms with Crippen molar-refractivity contribution in [2.75, 3.05) is 13.2 Å². The maximum Gasteiger partial charge on any atom is 0.252 e. The average Bonchev–Trinajstić information content (AvgIpc) is 3.05. The van der Waals surface area contributed by atoms with E-state index in [9.17, 15) is 8.42 Å². The van der Waals surface area contributed by atoms with E-state index >= 15 is 0 Å². The van der Waals surface area contributed by atoms with Crippen LogP contribution >= 0.6 is 23.6 Å². The summed E-state index contributed by atoms with van der Waals surface area (Å²) in [5.41, 5.74) is 5.52. The lowest BCUT2D eigenvalue weighted by molar-refractivity contribution is 0.264. The van der Waals surface area contributed by atoms with E-state index in [1.807, 2.05) is 0 Å². The molecule has 0 aliphatic carbocycles. The maximum atomic E-state index is 12.6. The Balaban J connectivity index is 2.22. The second kappa shape index (κ2) is 6.48. The van der Waals surface area contributed by atoms with Crippen molar-refractivity contribution in [3.05, 3.63) is 17.0 Å². The fraction of sp³-hybridized carbons (Fsp3) is 0.583. The van der Waals surface area contributed by atoms with Gasteiger partial charge in [-0.15, -0.1) is 11.3 Å². The van der Waals surface area contributed by atoms with E-state index in [4.69, 9.17) is 23.1 Å². The van der Waals surface area contributed by atoms with Gasteiger partial charge in [-0.05, 0) is 37.8 Å². The van der Waals surface area contributed by atoms with Crippen LogP contribution in [-0.2, 0) is 10.0 Å². The smallest absolute Gasteiger partial charge is 0.252 e. The Kier molecular flexibility index (Phi) is 5.14. The molecule has 5 nitrogen and oxygen atoms in total. The Hall–Kier alpha value is -0.540. The fourth-order valence-electron chi connectivity index (χ4n) is 2.45. The summed E-state index contributed by atoms with van der Waals surface area (Å²) in [6, 6.07) is 3.21. The zero-order valence-corrected chi connectivity index (χ0v) is 13.4. The summed E-state index contributed by atoms with van der Waals surface area (Å²) in [7, 11) is -3.48. The molecule has 2 rings (SSSR count). The Morgan fingerprint density at radius 2 is 2.30 bits per heavy atom. The highest BCUT2D eigenvalue weighted by atomic mass is 32.2. The number of hydrogen-bond donors (Lipinski definition) is 2. The van der Waals surface area contributed by atoms with Crippen molar-refractivity contribution in [1.82, 2.24) is 4.31 Å². The van der Waals surface area contributed by atoms with Gasteiger partial charge in [-0.2, -0.15) is 4.31 Å². The van der Waals surface area contributed by atoms with Gasteiger partial charge in [-0.1, -0.05) is 12.2 Å². The predicted molar refractivity (Wildman–Crippen MR) is 83.4 cm³/mol. The zero-order chi connectivity index (χ0) is 14.8. The van der Waals surface area contributed by atoms with E-state index in [0.717, 1.165) is 24.2 Å². The molecular formula is C12H18N2O3S3. The minimum absolute atomic E-state index is 0.0115. The number of aliphatic hydroxyl groups is 1. The molecule has 1 aromatic heterocycles. The van der Waals surface area contributed by atoms with E-state index < -0.39 is 10.0 Å². The van der Waals surface area contributed by atoms with Gasteiger partial charge in [0.05, 0.1) is 4.88 Å². The van der Waals surface area contributed by atoms with Crippen LogP contribution in [0.2, 0.25) is 0 Å². The third kappa shape index (κ3) is 3.20. The second-order valence-electron chi connectivity index (χ2n) is 4.76. The summed E-state index contributed by atoms with van der Waals surface area (Å²) in [5.74, 6) is 0. The highest BCUT2D eigenvalue weighted by Crippen LogP contribution is 2.31. The van der Waals surface area contributed by atoms with Gasteiger partial charge in [0.2, 0.25) is 0 Å². The fourth-order valence-corrected chi connectivity index (χ4v) is 5.65. The first-order valence-corrected chi connectivity index (χ1v) is 9.15. The molecule has 3 N–H and O–H groups in total. The molecule has 1 fully saturated rings. The molecule has 1 aliphatic heterocycles. The summed E-state index contributed by atoms with van der Waals surface area (Å²) >= 11 is 5.98. The van der Waals surface area contributed by atoms with Crippen LogP contribution in [-0.4, -0.2) is 42.0 Å². The largest absolute Gasteiger partial charge is 0.396 e. The van der Waals surface area contributed by atoms with Gasteiger partial charge in [0.25, 0.3) is 10.0 Å². The first-order chi connectivity index (χ1) is 9.46. The first-order valence-electron chi connectivity index (χ1n) is 6.49. The standard InChI is InChI=1S/C12H18N2O3S3/c13-12(18)10-5-6-11(19-10)20(16,17)14-7-1-3-9(14)4-2-8-15/h5-6,9,15H,1-4,7-8H2,(H2,13,18). The monoisotopic (exact) mass is 334 g/mol. The molecule has 1 atom stereocenters. The molecule has 1 unspecified atom stereocenters. The summed E-state index contributed by atoms with van der Waals surface area (Å²) in [4.78, 5) is 0.833. The van der Waals surface area contributed by atoms with Gasteiger partial charge in [0, 0.05) is 19.2 Å². The van der Waals surface area contributed by atoms with Crippen molar-refractivity contribution >= 4 is 38.6 Å². The quantitative estimate of drug-likeness (QED) is 0.766. The van der Waals surface area contributed by atoms with Crippen molar-refractivity contribution in [2.24, 2.45) is 5.73 Å². The number of thiocarbonyl (C=S) groups is 1. The molecule has 8 heteroatoms. The molecule has 0 amide bonds. The molecule has 1 aliphatic rings. The highest BCUT2D eigenvalue weighted by molar-refractivity contribution is 7.91. The molecule has 112 valence electrons. The van der Waals surface area contributed by atoms with Gasteiger partial charge < -0.3 is 10.8 Å². The lowest BCUT2D eigenvalue weighted by Gasteiger charge is -2.23. The van der Waals surface area contributed by atoms with E-state index in [1.54, 1.807) is 16.4 Å². The van der Waals surface area contributed by atoms with Crippen molar-refractivity contribution in [3.63, 3.8) is 0 Å². The van der Waals surface area contributed by atoms with Crippen LogP contribution in [0.3, 0.4) is 0 Å². The van der Waals surface area contributed by atoms with Crippen LogP contribution in [0.5, 0.6) is 0 Å². The lowest BCUT2D eigenvalue weighted by atomic mass is 10.1. The summed E-state index contributed by atoms with van der Waals surface area (Å²) in [6.07, 6.45) is 3.04. The summed E-state index contributed by atoms with van der Waals surface area (Å²) in [5, 5.41) is 8.90. The molecule has 0 bridgehead atoms. The van der Waals surface area contributed by atoms with E-state index in [-0.39, 0.29) is 21.8 Å². The van der Waals surface area contributed by atoms with E-state index in [1.165, 1.54) is 0 Å². The van der Waals surface area contributed by atoms with Crippen LogP contribution < -0.4 is 5.73 Å². The highest BCUT2D eigenvalue weighted by Gasteiger charge is 2.35. The zero-order valence-electron chi connectivity index (χ0n) is 11.0. The van der Waals surface area contributed by atoms with Crippen molar-refractivity contribution in [2.45, 2.75) is 35.9 Å². The van der Waals surface area contributed by atoms with E-state index in [0.29, 0.717) is 24.3 Å². The van der Waals surface area contributed by atoms with Gasteiger partial charge in [0.15, 0.2) is 0 Å². The topological polar surface area (TPSA) is 83.6 Å². The third-order valence-corrected chi connectivity index (χ3v) is 7.29. The van der Waals surface area contributed by atoms with Gasteiger partial charge >= 0.3 is 0 Å². The number of thiophene rings is 1. The van der Waals surface area contributed by atoms with Crippen molar-refractivity contribution in [3.8, 4) is 0 Å². The molecule has 0 radical (unpaired) electrons. The Morgan fingerprint density at radius 3 is 2.90 bits per heavy atom. The average molecular weight is 334 g/mol. The van der Waals surface area contributed by atoms with Crippen LogP contribution in [0.25, 0.3) is 0 Å². The SMILES string of the molecule is NC(=S)c1ccc(S(=O)(=O)N2CCCC2CCCO)s1. The van der Waals surface area contributed by atoms with Gasteiger partial charge in [-0.3, -0.25) is 0 Å². The third-order valence-electron chi connectivity index (χ3n) is 3.41. The van der Waals surface area contributed by atoms with Crippen LogP contribution in [0.15, 0.2) is 16.3 Å². The second-order valence-corrected chi connectivity index (χ2v) is 8.40. The molecule has 1 aromatic rings. The predicted octanol–water partition coefficient (Wildman–Crippen LogP) is 1.31. The molecule has 0 saturated carbocycles. The molecule has 0 spiro atoms. The Morgan fingerprint density at radius 1 is 1.55 bits per heavy atom. The first kappa shape index (κ1) is 15.8. The number of hydrogen-bond acceptors (Lipinski definition) is 5. The number of sulfonamides is 1. The van der Waals surface area contributed by atoms with Crippen LogP contribution in [0.1, 0.15) is 30.6 Å². The molecule has 20 heavy (non-hydrogen) atoms. The maximum absolute atomic E-state index is 12.6. The van der Waals surface area contributed by atoms with Gasteiger partial charge in [-0.25, -0.2) is 8.42 Å². The number of rotatable bonds is 6. The normalized spacial score (nSPS) is 20.4. The minimum atomic E-state index is -3.48. The minimum Gasteiger partial charge on any atom is -0.396 e.